The van der Waals surface area contributed by atoms with Crippen LogP contribution < -0.4 is 5.32 Å². The van der Waals surface area contributed by atoms with Gasteiger partial charge in [-0.25, -0.2) is 0 Å². The minimum atomic E-state index is -0.204. The van der Waals surface area contributed by atoms with Crippen LogP contribution in [-0.2, 0) is 29.2 Å². The average molecular weight is 403 g/mol. The van der Waals surface area contributed by atoms with E-state index in [1.165, 1.54) is 0 Å². The molecule has 0 unspecified atom stereocenters. The third kappa shape index (κ3) is 4.92. The van der Waals surface area contributed by atoms with Crippen molar-refractivity contribution in [1.29, 1.82) is 0 Å². The van der Waals surface area contributed by atoms with Gasteiger partial charge in [-0.05, 0) is 35.7 Å². The Bertz CT molecular complexity index is 988. The van der Waals surface area contributed by atoms with Crippen LogP contribution in [0.25, 0.3) is 0 Å². The smallest absolute Gasteiger partial charge is 0.225 e. The number of hydrogen-bond donors (Lipinski definition) is 1. The lowest BCUT2D eigenvalue weighted by Crippen LogP contribution is -2.45. The Morgan fingerprint density at radius 1 is 1.03 bits per heavy atom. The van der Waals surface area contributed by atoms with Crippen molar-refractivity contribution in [3.05, 3.63) is 83.9 Å². The molecule has 3 heterocycles. The number of carbonyl (C=O) groups is 2. The zero-order chi connectivity index (χ0) is 20.8. The molecule has 0 bridgehead atoms. The fraction of sp³-hybridized carbons (Fsp3) is 0.304. The average Bonchev–Trinajstić information content (AvgIpc) is 3.28. The zero-order valence-electron chi connectivity index (χ0n) is 16.8. The first-order chi connectivity index (χ1) is 14.7. The fourth-order valence-electron chi connectivity index (χ4n) is 3.75. The summed E-state index contributed by atoms with van der Waals surface area (Å²) in [5, 5.41) is 7.32. The Labute approximate surface area is 175 Å². The Kier molecular flexibility index (Phi) is 6.17. The lowest BCUT2D eigenvalue weighted by molar-refractivity contribution is -0.139. The number of nitrogens with one attached hydrogen (secondary N) is 1. The summed E-state index contributed by atoms with van der Waals surface area (Å²) in [7, 11) is 0. The topological polar surface area (TPSA) is 80.1 Å². The van der Waals surface area contributed by atoms with Crippen LogP contribution >= 0.6 is 0 Å². The maximum atomic E-state index is 12.8. The molecule has 1 fully saturated rings. The molecule has 7 heteroatoms. The van der Waals surface area contributed by atoms with Gasteiger partial charge in [-0.15, -0.1) is 0 Å². The summed E-state index contributed by atoms with van der Waals surface area (Å²) < 4.78 is 1.86. The van der Waals surface area contributed by atoms with Gasteiger partial charge in [0.05, 0.1) is 24.7 Å². The van der Waals surface area contributed by atoms with Gasteiger partial charge in [-0.2, -0.15) is 5.10 Å². The normalized spacial score (nSPS) is 16.5. The van der Waals surface area contributed by atoms with Crippen LogP contribution in [0.3, 0.4) is 0 Å². The van der Waals surface area contributed by atoms with Crippen LogP contribution in [0.15, 0.2) is 67.1 Å². The van der Waals surface area contributed by atoms with Gasteiger partial charge in [0.15, 0.2) is 0 Å². The van der Waals surface area contributed by atoms with Gasteiger partial charge >= 0.3 is 0 Å². The van der Waals surface area contributed by atoms with Crippen molar-refractivity contribution in [2.45, 2.75) is 32.5 Å². The highest BCUT2D eigenvalue weighted by molar-refractivity contribution is 5.83. The van der Waals surface area contributed by atoms with Gasteiger partial charge < -0.3 is 10.2 Å². The summed E-state index contributed by atoms with van der Waals surface area (Å²) in [6, 6.07) is 15.6. The molecule has 154 valence electrons. The number of amides is 2. The summed E-state index contributed by atoms with van der Waals surface area (Å²) in [6.07, 6.45) is 6.36. The molecule has 2 aromatic heterocycles. The molecule has 30 heavy (non-hydrogen) atoms. The number of rotatable bonds is 7. The van der Waals surface area contributed by atoms with Gasteiger partial charge in [0.25, 0.3) is 0 Å². The molecule has 0 aliphatic carbocycles. The lowest BCUT2D eigenvalue weighted by Gasteiger charge is -2.31. The lowest BCUT2D eigenvalue weighted by atomic mass is 9.96. The molecule has 1 atom stereocenters. The van der Waals surface area contributed by atoms with Crippen molar-refractivity contribution >= 4 is 11.8 Å². The fourth-order valence-corrected chi connectivity index (χ4v) is 3.75. The van der Waals surface area contributed by atoms with E-state index >= 15 is 0 Å². The maximum absolute atomic E-state index is 12.8. The molecule has 1 aliphatic heterocycles. The van der Waals surface area contributed by atoms with E-state index in [0.717, 1.165) is 16.8 Å². The number of likely N-dealkylation sites (tertiary alicyclic amines) is 1. The molecule has 0 spiro atoms. The van der Waals surface area contributed by atoms with Crippen LogP contribution in [-0.4, -0.2) is 38.0 Å². The van der Waals surface area contributed by atoms with Crippen molar-refractivity contribution in [1.82, 2.24) is 25.0 Å². The minimum absolute atomic E-state index is 0.0117. The molecule has 1 N–H and O–H groups in total. The van der Waals surface area contributed by atoms with Crippen molar-refractivity contribution in [3.8, 4) is 0 Å². The number of nitrogens with zero attached hydrogens (tertiary/aromatic N) is 4. The van der Waals surface area contributed by atoms with Crippen LogP contribution in [0, 0.1) is 5.92 Å². The van der Waals surface area contributed by atoms with E-state index in [-0.39, 0.29) is 17.7 Å². The molecular weight excluding hydrogens is 378 g/mol. The van der Waals surface area contributed by atoms with Crippen molar-refractivity contribution < 1.29 is 9.59 Å². The Balaban J connectivity index is 1.35. The highest BCUT2D eigenvalue weighted by atomic mass is 16.2. The summed E-state index contributed by atoms with van der Waals surface area (Å²) in [6.45, 7) is 1.99. The van der Waals surface area contributed by atoms with E-state index in [9.17, 15) is 9.59 Å². The number of hydrogen-bond acceptors (Lipinski definition) is 4. The van der Waals surface area contributed by atoms with Crippen LogP contribution in [0.5, 0.6) is 0 Å². The van der Waals surface area contributed by atoms with Crippen molar-refractivity contribution in [2.24, 2.45) is 5.92 Å². The van der Waals surface area contributed by atoms with Gasteiger partial charge in [0, 0.05) is 38.1 Å². The molecule has 1 aromatic carbocycles. The van der Waals surface area contributed by atoms with E-state index in [1.54, 1.807) is 17.3 Å². The first-order valence-electron chi connectivity index (χ1n) is 10.2. The third-order valence-corrected chi connectivity index (χ3v) is 5.41. The quantitative estimate of drug-likeness (QED) is 0.657. The first kappa shape index (κ1) is 19.8. The number of carbonyl (C=O) groups excluding carboxylic acids is 2. The maximum Gasteiger partial charge on any atom is 0.225 e. The summed E-state index contributed by atoms with van der Waals surface area (Å²) in [5.74, 6) is -0.138. The van der Waals surface area contributed by atoms with E-state index in [0.29, 0.717) is 39.0 Å². The third-order valence-electron chi connectivity index (χ3n) is 5.41. The minimum Gasteiger partial charge on any atom is -0.352 e. The van der Waals surface area contributed by atoms with Crippen molar-refractivity contribution in [3.63, 3.8) is 0 Å². The van der Waals surface area contributed by atoms with Gasteiger partial charge in [-0.3, -0.25) is 19.3 Å². The van der Waals surface area contributed by atoms with Crippen LogP contribution in [0.4, 0.5) is 0 Å². The monoisotopic (exact) mass is 403 g/mol. The molecule has 1 saturated heterocycles. The molecule has 4 rings (SSSR count). The molecule has 3 aromatic rings. The van der Waals surface area contributed by atoms with Crippen LogP contribution in [0.1, 0.15) is 29.7 Å². The number of piperidine rings is 1. The standard InChI is InChI=1S/C23H25N5O2/c29-22-10-9-20(15-27(22)17-21-8-3-4-11-24-21)23(30)25-14-18-6-1-2-7-19(18)16-28-13-5-12-26-28/h1-8,11-13,20H,9-10,14-17H2,(H,25,30)/t20-/m0/s1. The SMILES string of the molecule is O=C(NCc1ccccc1Cn1cccn1)[C@H]1CCC(=O)N(Cc2ccccn2)C1. The highest BCUT2D eigenvalue weighted by Crippen LogP contribution is 2.20. The van der Waals surface area contributed by atoms with E-state index < -0.39 is 0 Å². The summed E-state index contributed by atoms with van der Waals surface area (Å²) in [4.78, 5) is 31.2. The molecule has 0 radical (unpaired) electrons. The second kappa shape index (κ2) is 9.35. The largest absolute Gasteiger partial charge is 0.352 e. The van der Waals surface area contributed by atoms with E-state index in [1.807, 2.05) is 53.3 Å². The summed E-state index contributed by atoms with van der Waals surface area (Å²) in [5.41, 5.74) is 3.02. The predicted molar refractivity (Wildman–Crippen MR) is 112 cm³/mol. The van der Waals surface area contributed by atoms with E-state index in [2.05, 4.69) is 21.5 Å². The Hall–Kier alpha value is -3.48. The van der Waals surface area contributed by atoms with Crippen molar-refractivity contribution in [2.75, 3.05) is 6.54 Å². The second-order valence-electron chi connectivity index (χ2n) is 7.52. The number of benzene rings is 1. The second-order valence-corrected chi connectivity index (χ2v) is 7.52. The first-order valence-corrected chi connectivity index (χ1v) is 10.2. The van der Waals surface area contributed by atoms with E-state index in [4.69, 9.17) is 0 Å². The van der Waals surface area contributed by atoms with Gasteiger partial charge in [0.2, 0.25) is 11.8 Å². The zero-order valence-corrected chi connectivity index (χ0v) is 16.8. The van der Waals surface area contributed by atoms with Gasteiger partial charge in [0.1, 0.15) is 0 Å². The predicted octanol–water partition coefficient (Wildman–Crippen LogP) is 2.38. The molecule has 2 amide bonds. The molecule has 1 aliphatic rings. The molecule has 0 saturated carbocycles. The molecule has 7 nitrogen and oxygen atoms in total. The van der Waals surface area contributed by atoms with Gasteiger partial charge in [-0.1, -0.05) is 30.3 Å². The van der Waals surface area contributed by atoms with Crippen LogP contribution in [0.2, 0.25) is 0 Å². The summed E-state index contributed by atoms with van der Waals surface area (Å²) >= 11 is 0. The number of aromatic nitrogens is 3. The Morgan fingerprint density at radius 3 is 2.63 bits per heavy atom. The Morgan fingerprint density at radius 2 is 1.87 bits per heavy atom. The highest BCUT2D eigenvalue weighted by Gasteiger charge is 2.30. The molecular formula is C23H25N5O2. The number of pyridine rings is 1.